The molecule has 0 aromatic heterocycles. The van der Waals surface area contributed by atoms with Crippen molar-refractivity contribution in [1.29, 1.82) is 0 Å². The van der Waals surface area contributed by atoms with Gasteiger partial charge in [0.1, 0.15) is 0 Å². The Hall–Kier alpha value is -0.718. The summed E-state index contributed by atoms with van der Waals surface area (Å²) in [5.74, 6) is 5.80. The van der Waals surface area contributed by atoms with Gasteiger partial charge in [0.2, 0.25) is 0 Å². The molecule has 203 valence electrons. The van der Waals surface area contributed by atoms with E-state index >= 15 is 0 Å². The van der Waals surface area contributed by atoms with Crippen molar-refractivity contribution in [3.63, 3.8) is 0 Å². The van der Waals surface area contributed by atoms with Gasteiger partial charge in [0.05, 0.1) is 0 Å². The zero-order valence-corrected chi connectivity index (χ0v) is 30.5. The Morgan fingerprint density at radius 2 is 1.26 bits per heavy atom. The molecule has 0 atom stereocenters. The molecule has 2 aliphatic rings. The smallest absolute Gasteiger partial charge is 0.686 e. The Labute approximate surface area is 264 Å². The minimum absolute atomic E-state index is 0. The molecule has 5 heteroatoms. The molecule has 0 spiro atoms. The molecule has 2 fully saturated rings. The predicted octanol–water partition coefficient (Wildman–Crippen LogP) is 9.06. The molecule has 2 aromatic carbocycles. The van der Waals surface area contributed by atoms with Crippen LogP contribution in [-0.4, -0.2) is 35.5 Å². The fourth-order valence-corrected chi connectivity index (χ4v) is 8.51. The van der Waals surface area contributed by atoms with Crippen LogP contribution in [0.25, 0.3) is 4.98 Å². The van der Waals surface area contributed by atoms with Gasteiger partial charge in [-0.15, -0.1) is 11.8 Å². The second kappa shape index (κ2) is 15.9. The third-order valence-corrected chi connectivity index (χ3v) is 10.1. The van der Waals surface area contributed by atoms with Crippen molar-refractivity contribution >= 4 is 19.6 Å². The number of nitrogens with zero attached hydrogens (tertiary/aromatic N) is 2. The van der Waals surface area contributed by atoms with E-state index in [9.17, 15) is 0 Å². The summed E-state index contributed by atoms with van der Waals surface area (Å²) in [7, 11) is 2.16. The number of rotatable bonds is 4. The molecule has 1 aliphatic carbocycles. The molecule has 0 bridgehead atoms. The van der Waals surface area contributed by atoms with Crippen molar-refractivity contribution in [1.82, 2.24) is 0 Å². The Morgan fingerprint density at radius 3 is 1.63 bits per heavy atom. The molecule has 5 radical (unpaired) electrons. The molecule has 1 saturated carbocycles. The van der Waals surface area contributed by atoms with Crippen LogP contribution < -0.4 is 4.90 Å². The zero-order chi connectivity index (χ0) is 27.9. The van der Waals surface area contributed by atoms with Crippen LogP contribution >= 0.6 is 0 Å². The van der Waals surface area contributed by atoms with Gasteiger partial charge in [-0.1, -0.05) is 87.4 Å². The third kappa shape index (κ3) is 9.44. The van der Waals surface area contributed by atoms with Crippen molar-refractivity contribution in [2.24, 2.45) is 0 Å². The zero-order valence-electron chi connectivity index (χ0n) is 25.9. The van der Waals surface area contributed by atoms with Crippen LogP contribution in [-0.2, 0) is 4.74 Å². The van der Waals surface area contributed by atoms with E-state index in [1.54, 1.807) is 0 Å². The van der Waals surface area contributed by atoms with E-state index < -0.39 is 8.24 Å². The minimum Gasteiger partial charge on any atom is -0.686 e. The van der Waals surface area contributed by atoms with Gasteiger partial charge in [-0.3, -0.25) is 0 Å². The van der Waals surface area contributed by atoms with Gasteiger partial charge in [0.25, 0.3) is 0 Å². The number of benzene rings is 2. The molecule has 38 heavy (non-hydrogen) atoms. The Kier molecular flexibility index (Phi) is 14.8. The van der Waals surface area contributed by atoms with Crippen LogP contribution in [0.5, 0.6) is 0 Å². The molecule has 4 rings (SSSR count). The van der Waals surface area contributed by atoms with E-state index in [0.29, 0.717) is 0 Å². The second-order valence-corrected chi connectivity index (χ2v) is 15.0. The van der Waals surface area contributed by atoms with E-state index in [0.717, 1.165) is 18.8 Å². The van der Waals surface area contributed by atoms with E-state index in [-0.39, 0.29) is 35.6 Å². The maximum absolute atomic E-state index is 5.32. The summed E-state index contributed by atoms with van der Waals surface area (Å²) in [6.07, 6.45) is 2.56. The van der Waals surface area contributed by atoms with Crippen LogP contribution in [0, 0.1) is 92.5 Å². The van der Waals surface area contributed by atoms with Gasteiger partial charge in [-0.05, 0) is 85.2 Å². The van der Waals surface area contributed by atoms with Gasteiger partial charge < -0.3 is 14.6 Å². The maximum Gasteiger partial charge on any atom is 3.00 e. The number of anilines is 1. The van der Waals surface area contributed by atoms with E-state index in [1.165, 1.54) is 70.1 Å². The maximum atomic E-state index is 5.32. The van der Waals surface area contributed by atoms with Crippen molar-refractivity contribution in [3.05, 3.63) is 99.8 Å². The fourth-order valence-electron chi connectivity index (χ4n) is 5.28. The first-order chi connectivity index (χ1) is 17.3. The first-order valence-electron chi connectivity index (χ1n) is 13.5. The summed E-state index contributed by atoms with van der Waals surface area (Å²) >= 11 is 0. The van der Waals surface area contributed by atoms with E-state index in [1.807, 2.05) is 32.3 Å². The summed E-state index contributed by atoms with van der Waals surface area (Å²) in [6.45, 7) is 26.2. The van der Waals surface area contributed by atoms with Crippen LogP contribution in [0.3, 0.4) is 0 Å². The summed E-state index contributed by atoms with van der Waals surface area (Å²) in [4.78, 5) is 7.37. The molecule has 1 aliphatic heterocycles. The van der Waals surface area contributed by atoms with E-state index in [2.05, 4.69) is 91.6 Å². The average Bonchev–Trinajstić information content (AvgIpc) is 3.46. The van der Waals surface area contributed by atoms with Gasteiger partial charge in [-0.2, -0.15) is 18.6 Å². The number of hydrogen-bond acceptors (Lipinski definition) is 2. The number of aryl methyl sites for hydroxylation is 3. The van der Waals surface area contributed by atoms with Crippen LogP contribution in [0.4, 0.5) is 11.4 Å². The molecule has 1 saturated heterocycles. The first kappa shape index (κ1) is 35.3. The van der Waals surface area contributed by atoms with Crippen LogP contribution in [0.15, 0.2) is 36.4 Å². The van der Waals surface area contributed by atoms with Crippen LogP contribution in [0.2, 0.25) is 13.1 Å². The molecule has 0 N–H and O–H groups in total. The SMILES string of the molecule is C1CCOC1.C[C]1[C](C)[C](C)[C]([Si](C)(C)[N-]c2c(C)cc(C)cc2C)[C]1C.[CH2-]c1ccccc1N(C)C.[La+3]. The number of hydrogen-bond donors (Lipinski definition) is 0. The van der Waals surface area contributed by atoms with Gasteiger partial charge in [-0.25, -0.2) is 0 Å². The molecule has 2 aromatic rings. The molecular weight excluding hydrogens is 607 g/mol. The van der Waals surface area contributed by atoms with Gasteiger partial charge in [0, 0.05) is 13.2 Å². The second-order valence-electron chi connectivity index (χ2n) is 11.1. The predicted molar refractivity (Wildman–Crippen MR) is 165 cm³/mol. The minimum atomic E-state index is -1.88. The largest absolute Gasteiger partial charge is 3.00 e. The van der Waals surface area contributed by atoms with Gasteiger partial charge >= 0.3 is 35.6 Å². The van der Waals surface area contributed by atoms with Gasteiger partial charge in [0.15, 0.2) is 0 Å². The molecule has 0 amide bonds. The number of ether oxygens (including phenoxy) is 1. The van der Waals surface area contributed by atoms with Crippen molar-refractivity contribution < 1.29 is 40.3 Å². The van der Waals surface area contributed by atoms with Crippen molar-refractivity contribution in [2.45, 2.75) is 74.4 Å². The Balaban J connectivity index is 0.000000370. The average molecular weight is 657 g/mol. The summed E-state index contributed by atoms with van der Waals surface area (Å²) in [6, 6.07) is 12.6. The van der Waals surface area contributed by atoms with Crippen molar-refractivity contribution in [3.8, 4) is 0 Å². The molecule has 3 nitrogen and oxygen atoms in total. The third-order valence-electron chi connectivity index (χ3n) is 7.38. The Bertz CT molecular complexity index is 944. The number of para-hydroxylation sites is 1. The van der Waals surface area contributed by atoms with Crippen molar-refractivity contribution in [2.75, 3.05) is 32.2 Å². The van der Waals surface area contributed by atoms with E-state index in [4.69, 9.17) is 9.72 Å². The topological polar surface area (TPSA) is 26.6 Å². The summed E-state index contributed by atoms with van der Waals surface area (Å²) < 4.78 is 4.94. The Morgan fingerprint density at radius 1 is 0.789 bits per heavy atom. The molecular formula is C33H49LaN2OSi+. The first-order valence-corrected chi connectivity index (χ1v) is 16.4. The normalized spacial score (nSPS) is 17.2. The monoisotopic (exact) mass is 656 g/mol. The molecule has 1 heterocycles. The standard InChI is InChI=1S/C20H29NSi.C9H12N.C4H8O.La/c1-12-10-13(2)19(14(3)11-12)21-22(8,9)20-17(6)15(4)16(5)18(20)7;1-8-6-4-5-7-9(8)10(2)3;1-2-4-5-3-1;/h10-11H,1-9H3;4-7H,1H2,2-3H3;1-4H2;/q2*-1;;+3. The quantitative estimate of drug-likeness (QED) is 0.243. The summed E-state index contributed by atoms with van der Waals surface area (Å²) in [5, 5.41) is 0. The summed E-state index contributed by atoms with van der Waals surface area (Å²) in [5.41, 5.74) is 8.91. The fraction of sp³-hybridized carbons (Fsp3) is 0.455. The molecule has 0 unspecified atom stereocenters. The van der Waals surface area contributed by atoms with Crippen LogP contribution in [0.1, 0.15) is 62.8 Å².